The molecule has 2 aromatic rings. The number of carbonyl (C=O) groups is 1. The van der Waals surface area contributed by atoms with Crippen LogP contribution < -0.4 is 0 Å². The normalized spacial score (nSPS) is 17.1. The van der Waals surface area contributed by atoms with Gasteiger partial charge in [-0.3, -0.25) is 9.36 Å². The Bertz CT molecular complexity index is 575. The van der Waals surface area contributed by atoms with E-state index in [1.807, 2.05) is 18.5 Å². The molecule has 3 rings (SSSR count). The van der Waals surface area contributed by atoms with Gasteiger partial charge in [0.05, 0.1) is 5.69 Å². The third-order valence-electron chi connectivity index (χ3n) is 3.73. The fourth-order valence-electron chi connectivity index (χ4n) is 2.78. The molecule has 0 saturated heterocycles. The zero-order valence-corrected chi connectivity index (χ0v) is 10.2. The Morgan fingerprint density at radius 3 is 2.71 bits per heavy atom. The summed E-state index contributed by atoms with van der Waals surface area (Å²) in [4.78, 5) is 15.4. The molecule has 1 fully saturated rings. The Balaban J connectivity index is 2.18. The van der Waals surface area contributed by atoms with Crippen LogP contribution in [0.15, 0.2) is 0 Å². The lowest BCUT2D eigenvalue weighted by atomic mass is 10.1. The van der Waals surface area contributed by atoms with Crippen molar-refractivity contribution < 1.29 is 4.79 Å². The summed E-state index contributed by atoms with van der Waals surface area (Å²) in [5, 5.41) is 4.57. The minimum atomic E-state index is 0.529. The lowest BCUT2D eigenvalue weighted by molar-refractivity contribution is 0.111. The summed E-state index contributed by atoms with van der Waals surface area (Å²) in [6.07, 6.45) is 5.78. The fraction of sp³-hybridized carbons (Fsp3) is 0.583. The number of nitrogens with zero attached hydrogens (tertiary/aromatic N) is 4. The standard InChI is InChI=1S/C12H16N4O/c1-8-10(7-17)16-12(13-8)15(2)11(14-16)9-5-3-4-6-9/h7,9H,3-6H2,1-2H3. The minimum absolute atomic E-state index is 0.529. The summed E-state index contributed by atoms with van der Waals surface area (Å²) in [6, 6.07) is 0. The molecular formula is C12H16N4O. The molecule has 0 atom stereocenters. The smallest absolute Gasteiger partial charge is 0.232 e. The van der Waals surface area contributed by atoms with Crippen LogP contribution in [0.25, 0.3) is 5.78 Å². The Morgan fingerprint density at radius 1 is 1.35 bits per heavy atom. The number of aldehydes is 1. The van der Waals surface area contributed by atoms with Crippen LogP contribution in [-0.4, -0.2) is 25.5 Å². The quantitative estimate of drug-likeness (QED) is 0.742. The van der Waals surface area contributed by atoms with Gasteiger partial charge in [0.15, 0.2) is 6.29 Å². The molecule has 5 nitrogen and oxygen atoms in total. The molecule has 0 radical (unpaired) electrons. The lowest BCUT2D eigenvalue weighted by Gasteiger charge is -2.06. The first kappa shape index (κ1) is 10.5. The van der Waals surface area contributed by atoms with E-state index >= 15 is 0 Å². The van der Waals surface area contributed by atoms with Gasteiger partial charge >= 0.3 is 0 Å². The highest BCUT2D eigenvalue weighted by Gasteiger charge is 2.24. The molecule has 0 aliphatic heterocycles. The Morgan fingerprint density at radius 2 is 2.06 bits per heavy atom. The molecule has 1 aliphatic carbocycles. The van der Waals surface area contributed by atoms with Crippen LogP contribution in [-0.2, 0) is 7.05 Å². The molecule has 17 heavy (non-hydrogen) atoms. The highest BCUT2D eigenvalue weighted by molar-refractivity contribution is 5.75. The molecule has 0 amide bonds. The Hall–Kier alpha value is -1.65. The molecule has 2 aromatic heterocycles. The molecule has 0 N–H and O–H groups in total. The van der Waals surface area contributed by atoms with Crippen molar-refractivity contribution in [2.45, 2.75) is 38.5 Å². The van der Waals surface area contributed by atoms with Gasteiger partial charge in [-0.2, -0.15) is 9.61 Å². The summed E-state index contributed by atoms with van der Waals surface area (Å²) in [7, 11) is 1.98. The fourth-order valence-corrected chi connectivity index (χ4v) is 2.78. The predicted octanol–water partition coefficient (Wildman–Crippen LogP) is 1.85. The van der Waals surface area contributed by atoms with Crippen LogP contribution in [0.1, 0.15) is 53.6 Å². The van der Waals surface area contributed by atoms with Crippen molar-refractivity contribution in [1.29, 1.82) is 0 Å². The van der Waals surface area contributed by atoms with E-state index in [0.717, 1.165) is 23.6 Å². The third kappa shape index (κ3) is 1.41. The zero-order chi connectivity index (χ0) is 12.0. The van der Waals surface area contributed by atoms with Crippen molar-refractivity contribution in [1.82, 2.24) is 19.2 Å². The average molecular weight is 232 g/mol. The summed E-state index contributed by atoms with van der Waals surface area (Å²) < 4.78 is 3.70. The summed E-state index contributed by atoms with van der Waals surface area (Å²) in [5.41, 5.74) is 1.32. The number of hydrogen-bond donors (Lipinski definition) is 0. The maximum atomic E-state index is 11.0. The Kier molecular flexibility index (Phi) is 2.28. The maximum Gasteiger partial charge on any atom is 0.232 e. The van der Waals surface area contributed by atoms with E-state index in [1.165, 1.54) is 25.7 Å². The van der Waals surface area contributed by atoms with Crippen molar-refractivity contribution in [3.05, 3.63) is 17.2 Å². The van der Waals surface area contributed by atoms with Gasteiger partial charge in [-0.15, -0.1) is 0 Å². The van der Waals surface area contributed by atoms with Crippen LogP contribution in [0.3, 0.4) is 0 Å². The van der Waals surface area contributed by atoms with Gasteiger partial charge in [-0.1, -0.05) is 12.8 Å². The number of aromatic nitrogens is 4. The molecule has 1 aliphatic rings. The Labute approximate surface area is 99.5 Å². The molecule has 1 saturated carbocycles. The first-order valence-electron chi connectivity index (χ1n) is 6.09. The van der Waals surface area contributed by atoms with E-state index in [-0.39, 0.29) is 0 Å². The first-order valence-corrected chi connectivity index (χ1v) is 6.09. The second kappa shape index (κ2) is 3.68. The van der Waals surface area contributed by atoms with E-state index in [1.54, 1.807) is 4.52 Å². The molecule has 90 valence electrons. The van der Waals surface area contributed by atoms with E-state index in [0.29, 0.717) is 11.6 Å². The third-order valence-corrected chi connectivity index (χ3v) is 3.73. The minimum Gasteiger partial charge on any atom is -0.300 e. The molecule has 2 heterocycles. The number of imidazole rings is 1. The highest BCUT2D eigenvalue weighted by atomic mass is 16.1. The van der Waals surface area contributed by atoms with Gasteiger partial charge in [-0.05, 0) is 19.8 Å². The molecule has 0 spiro atoms. The number of carbonyl (C=O) groups excluding carboxylic acids is 1. The molecule has 0 aromatic carbocycles. The SMILES string of the molecule is Cc1nc2n(C)c(C3CCCC3)nn2c1C=O. The van der Waals surface area contributed by atoms with E-state index < -0.39 is 0 Å². The topological polar surface area (TPSA) is 52.2 Å². The average Bonchev–Trinajstić information content (AvgIpc) is 2.97. The van der Waals surface area contributed by atoms with Gasteiger partial charge in [0.2, 0.25) is 5.78 Å². The van der Waals surface area contributed by atoms with Gasteiger partial charge < -0.3 is 0 Å². The van der Waals surface area contributed by atoms with E-state index in [9.17, 15) is 4.79 Å². The van der Waals surface area contributed by atoms with Gasteiger partial charge in [0.25, 0.3) is 0 Å². The number of rotatable bonds is 2. The number of fused-ring (bicyclic) bond motifs is 1. The van der Waals surface area contributed by atoms with Crippen LogP contribution in [0.5, 0.6) is 0 Å². The molecule has 0 unspecified atom stereocenters. The van der Waals surface area contributed by atoms with E-state index in [2.05, 4.69) is 10.1 Å². The molecule has 5 heteroatoms. The highest BCUT2D eigenvalue weighted by Crippen LogP contribution is 2.33. The van der Waals surface area contributed by atoms with Crippen molar-refractivity contribution in [3.63, 3.8) is 0 Å². The van der Waals surface area contributed by atoms with Crippen molar-refractivity contribution in [2.75, 3.05) is 0 Å². The second-order valence-corrected chi connectivity index (χ2v) is 4.81. The van der Waals surface area contributed by atoms with Gasteiger partial charge in [-0.25, -0.2) is 4.98 Å². The molecule has 0 bridgehead atoms. The van der Waals surface area contributed by atoms with Gasteiger partial charge in [0, 0.05) is 13.0 Å². The number of hydrogen-bond acceptors (Lipinski definition) is 3. The van der Waals surface area contributed by atoms with Gasteiger partial charge in [0.1, 0.15) is 11.5 Å². The molecular weight excluding hydrogens is 216 g/mol. The van der Waals surface area contributed by atoms with Crippen LogP contribution in [0.4, 0.5) is 0 Å². The van der Waals surface area contributed by atoms with Crippen LogP contribution in [0.2, 0.25) is 0 Å². The summed E-state index contributed by atoms with van der Waals surface area (Å²) in [5.74, 6) is 2.36. The van der Waals surface area contributed by atoms with Crippen molar-refractivity contribution in [2.24, 2.45) is 7.05 Å². The lowest BCUT2D eigenvalue weighted by Crippen LogP contribution is -2.03. The maximum absolute atomic E-state index is 11.0. The van der Waals surface area contributed by atoms with E-state index in [4.69, 9.17) is 0 Å². The predicted molar refractivity (Wildman–Crippen MR) is 63.3 cm³/mol. The zero-order valence-electron chi connectivity index (χ0n) is 10.2. The van der Waals surface area contributed by atoms with Crippen molar-refractivity contribution >= 4 is 12.1 Å². The van der Waals surface area contributed by atoms with Crippen molar-refractivity contribution in [3.8, 4) is 0 Å². The van der Waals surface area contributed by atoms with Crippen LogP contribution >= 0.6 is 0 Å². The largest absolute Gasteiger partial charge is 0.300 e. The first-order chi connectivity index (χ1) is 8.22. The number of aryl methyl sites for hydroxylation is 2. The summed E-state index contributed by atoms with van der Waals surface area (Å²) >= 11 is 0. The summed E-state index contributed by atoms with van der Waals surface area (Å²) in [6.45, 7) is 1.84. The second-order valence-electron chi connectivity index (χ2n) is 4.81. The van der Waals surface area contributed by atoms with Crippen LogP contribution in [0, 0.1) is 6.92 Å². The monoisotopic (exact) mass is 232 g/mol.